The highest BCUT2D eigenvalue weighted by molar-refractivity contribution is 5.22. The van der Waals surface area contributed by atoms with E-state index >= 15 is 0 Å². The first-order valence-corrected chi connectivity index (χ1v) is 8.87. The van der Waals surface area contributed by atoms with E-state index in [4.69, 9.17) is 0 Å². The molecule has 2 heteroatoms. The summed E-state index contributed by atoms with van der Waals surface area (Å²) < 4.78 is 0. The van der Waals surface area contributed by atoms with Crippen molar-refractivity contribution in [3.8, 4) is 0 Å². The number of nitrogens with zero attached hydrogens (tertiary/aromatic N) is 1. The molecule has 0 amide bonds. The van der Waals surface area contributed by atoms with Crippen molar-refractivity contribution in [2.24, 2.45) is 5.92 Å². The molecule has 0 bridgehead atoms. The Morgan fingerprint density at radius 2 is 1.90 bits per heavy atom. The second-order valence-electron chi connectivity index (χ2n) is 6.86. The van der Waals surface area contributed by atoms with Crippen LogP contribution in [-0.2, 0) is 0 Å². The molecule has 3 atom stereocenters. The SMILES string of the molecule is CCN1CCC(CNC2CCCCC2c2ccccc2)C1. The van der Waals surface area contributed by atoms with Gasteiger partial charge < -0.3 is 10.2 Å². The highest BCUT2D eigenvalue weighted by atomic mass is 15.1. The molecule has 1 N–H and O–H groups in total. The van der Waals surface area contributed by atoms with Crippen molar-refractivity contribution >= 4 is 0 Å². The first kappa shape index (κ1) is 15.1. The standard InChI is InChI=1S/C19H30N2/c1-2-21-13-12-16(15-21)14-20-19-11-7-6-10-18(19)17-8-4-3-5-9-17/h3-5,8-9,16,18-20H,2,6-7,10-15H2,1H3. The van der Waals surface area contributed by atoms with Gasteiger partial charge in [0.2, 0.25) is 0 Å². The van der Waals surface area contributed by atoms with Gasteiger partial charge in [-0.2, -0.15) is 0 Å². The van der Waals surface area contributed by atoms with Gasteiger partial charge in [-0.05, 0) is 56.3 Å². The van der Waals surface area contributed by atoms with Crippen LogP contribution in [0.15, 0.2) is 30.3 Å². The minimum absolute atomic E-state index is 0.692. The molecule has 1 aliphatic heterocycles. The molecule has 116 valence electrons. The lowest BCUT2D eigenvalue weighted by Gasteiger charge is -2.33. The highest BCUT2D eigenvalue weighted by Crippen LogP contribution is 2.33. The van der Waals surface area contributed by atoms with Gasteiger partial charge in [-0.25, -0.2) is 0 Å². The molecule has 3 rings (SSSR count). The number of benzene rings is 1. The van der Waals surface area contributed by atoms with E-state index < -0.39 is 0 Å². The number of hydrogen-bond acceptors (Lipinski definition) is 2. The molecule has 2 fully saturated rings. The van der Waals surface area contributed by atoms with Gasteiger partial charge in [0, 0.05) is 12.6 Å². The quantitative estimate of drug-likeness (QED) is 0.889. The molecule has 1 aromatic rings. The monoisotopic (exact) mass is 286 g/mol. The maximum Gasteiger partial charge on any atom is 0.0136 e. The fourth-order valence-corrected chi connectivity index (χ4v) is 4.16. The summed E-state index contributed by atoms with van der Waals surface area (Å²) in [7, 11) is 0. The van der Waals surface area contributed by atoms with E-state index in [0.717, 1.165) is 11.8 Å². The second kappa shape index (κ2) is 7.42. The third-order valence-electron chi connectivity index (χ3n) is 5.48. The van der Waals surface area contributed by atoms with E-state index in [1.165, 1.54) is 63.8 Å². The summed E-state index contributed by atoms with van der Waals surface area (Å²) >= 11 is 0. The molecule has 2 nitrogen and oxygen atoms in total. The summed E-state index contributed by atoms with van der Waals surface area (Å²) in [5.74, 6) is 1.59. The van der Waals surface area contributed by atoms with Crippen LogP contribution >= 0.6 is 0 Å². The van der Waals surface area contributed by atoms with Crippen molar-refractivity contribution in [1.82, 2.24) is 10.2 Å². The van der Waals surface area contributed by atoms with E-state index in [2.05, 4.69) is 47.5 Å². The van der Waals surface area contributed by atoms with Crippen LogP contribution in [0.2, 0.25) is 0 Å². The first-order valence-electron chi connectivity index (χ1n) is 8.87. The number of likely N-dealkylation sites (tertiary alicyclic amines) is 1. The summed E-state index contributed by atoms with van der Waals surface area (Å²) in [6.07, 6.45) is 6.87. The topological polar surface area (TPSA) is 15.3 Å². The molecule has 1 aliphatic carbocycles. The average molecular weight is 286 g/mol. The summed E-state index contributed by atoms with van der Waals surface area (Å²) in [5, 5.41) is 3.93. The minimum atomic E-state index is 0.692. The van der Waals surface area contributed by atoms with Gasteiger partial charge in [0.25, 0.3) is 0 Å². The molecule has 1 heterocycles. The van der Waals surface area contributed by atoms with Crippen LogP contribution in [-0.4, -0.2) is 37.1 Å². The maximum absolute atomic E-state index is 3.93. The Balaban J connectivity index is 1.55. The lowest BCUT2D eigenvalue weighted by Crippen LogP contribution is -2.40. The van der Waals surface area contributed by atoms with Crippen LogP contribution in [0.5, 0.6) is 0 Å². The van der Waals surface area contributed by atoms with Crippen molar-refractivity contribution in [3.63, 3.8) is 0 Å². The van der Waals surface area contributed by atoms with Crippen molar-refractivity contribution in [2.75, 3.05) is 26.2 Å². The zero-order valence-electron chi connectivity index (χ0n) is 13.4. The van der Waals surface area contributed by atoms with E-state index in [-0.39, 0.29) is 0 Å². The summed E-state index contributed by atoms with van der Waals surface area (Å²) in [5.41, 5.74) is 1.54. The molecule has 3 unspecified atom stereocenters. The third kappa shape index (κ3) is 3.87. The molecule has 21 heavy (non-hydrogen) atoms. The second-order valence-corrected chi connectivity index (χ2v) is 6.86. The molecular weight excluding hydrogens is 256 g/mol. The maximum atomic E-state index is 3.93. The Morgan fingerprint density at radius 3 is 2.67 bits per heavy atom. The largest absolute Gasteiger partial charge is 0.313 e. The van der Waals surface area contributed by atoms with Crippen molar-refractivity contribution in [1.29, 1.82) is 0 Å². The van der Waals surface area contributed by atoms with Crippen molar-refractivity contribution < 1.29 is 0 Å². The van der Waals surface area contributed by atoms with Gasteiger partial charge in [0.15, 0.2) is 0 Å². The predicted octanol–water partition coefficient (Wildman–Crippen LogP) is 3.64. The van der Waals surface area contributed by atoms with E-state index in [1.807, 2.05) is 0 Å². The third-order valence-corrected chi connectivity index (χ3v) is 5.48. The number of nitrogens with one attached hydrogen (secondary N) is 1. The fourth-order valence-electron chi connectivity index (χ4n) is 4.16. The molecule has 0 radical (unpaired) electrons. The fraction of sp³-hybridized carbons (Fsp3) is 0.684. The van der Waals surface area contributed by atoms with Crippen LogP contribution < -0.4 is 5.32 Å². The zero-order valence-corrected chi connectivity index (χ0v) is 13.4. The Labute approximate surface area is 129 Å². The average Bonchev–Trinajstić information content (AvgIpc) is 3.02. The number of rotatable bonds is 5. The molecule has 2 aliphatic rings. The number of hydrogen-bond donors (Lipinski definition) is 1. The Bertz CT molecular complexity index is 417. The normalized spacial score (nSPS) is 30.6. The van der Waals surface area contributed by atoms with Crippen molar-refractivity contribution in [2.45, 2.75) is 51.0 Å². The van der Waals surface area contributed by atoms with E-state index in [1.54, 1.807) is 0 Å². The van der Waals surface area contributed by atoms with Crippen LogP contribution in [0.3, 0.4) is 0 Å². The molecule has 0 spiro atoms. The Kier molecular flexibility index (Phi) is 5.32. The molecule has 0 aromatic heterocycles. The smallest absolute Gasteiger partial charge is 0.0136 e. The molecular formula is C19H30N2. The summed E-state index contributed by atoms with van der Waals surface area (Å²) in [6.45, 7) is 7.31. The minimum Gasteiger partial charge on any atom is -0.313 e. The van der Waals surface area contributed by atoms with E-state index in [0.29, 0.717) is 6.04 Å². The molecule has 1 saturated heterocycles. The highest BCUT2D eigenvalue weighted by Gasteiger charge is 2.28. The first-order chi connectivity index (χ1) is 10.4. The van der Waals surface area contributed by atoms with Crippen LogP contribution in [0, 0.1) is 5.92 Å². The predicted molar refractivity (Wildman–Crippen MR) is 89.7 cm³/mol. The Hall–Kier alpha value is -0.860. The summed E-state index contributed by atoms with van der Waals surface area (Å²) in [4.78, 5) is 2.59. The van der Waals surface area contributed by atoms with E-state index in [9.17, 15) is 0 Å². The summed E-state index contributed by atoms with van der Waals surface area (Å²) in [6, 6.07) is 11.8. The van der Waals surface area contributed by atoms with Crippen LogP contribution in [0.25, 0.3) is 0 Å². The van der Waals surface area contributed by atoms with Crippen LogP contribution in [0.4, 0.5) is 0 Å². The van der Waals surface area contributed by atoms with Gasteiger partial charge in [-0.3, -0.25) is 0 Å². The van der Waals surface area contributed by atoms with Crippen LogP contribution in [0.1, 0.15) is 50.5 Å². The Morgan fingerprint density at radius 1 is 1.10 bits per heavy atom. The zero-order chi connectivity index (χ0) is 14.5. The van der Waals surface area contributed by atoms with Crippen molar-refractivity contribution in [3.05, 3.63) is 35.9 Å². The lowest BCUT2D eigenvalue weighted by molar-refractivity contribution is 0.299. The lowest BCUT2D eigenvalue weighted by atomic mass is 9.80. The van der Waals surface area contributed by atoms with Gasteiger partial charge in [0.1, 0.15) is 0 Å². The molecule has 1 saturated carbocycles. The molecule has 1 aromatic carbocycles. The van der Waals surface area contributed by atoms with Gasteiger partial charge in [0.05, 0.1) is 0 Å². The van der Waals surface area contributed by atoms with Gasteiger partial charge in [-0.1, -0.05) is 50.1 Å². The van der Waals surface area contributed by atoms with Gasteiger partial charge in [-0.15, -0.1) is 0 Å². The van der Waals surface area contributed by atoms with Gasteiger partial charge >= 0.3 is 0 Å².